The van der Waals surface area contributed by atoms with E-state index in [-0.39, 0.29) is 12.2 Å². The van der Waals surface area contributed by atoms with Crippen LogP contribution in [0.1, 0.15) is 27.2 Å². The molecule has 0 unspecified atom stereocenters. The molecule has 0 radical (unpaired) electrons. The summed E-state index contributed by atoms with van der Waals surface area (Å²) in [6.07, 6.45) is 1.21. The minimum atomic E-state index is -1.00. The molecule has 1 N–H and O–H groups in total. The molecule has 0 aliphatic heterocycles. The number of ether oxygens (including phenoxy) is 1. The highest BCUT2D eigenvalue weighted by atomic mass is 16.5. The summed E-state index contributed by atoms with van der Waals surface area (Å²) >= 11 is 0. The second kappa shape index (κ2) is 4.96. The van der Waals surface area contributed by atoms with E-state index >= 15 is 0 Å². The Morgan fingerprint density at radius 2 is 1.89 bits per heavy atom. The van der Waals surface area contributed by atoms with Crippen molar-refractivity contribution in [2.24, 2.45) is 0 Å². The van der Waals surface area contributed by atoms with Gasteiger partial charge in [-0.05, 0) is 43.2 Å². The Morgan fingerprint density at radius 3 is 2.44 bits per heavy atom. The van der Waals surface area contributed by atoms with Crippen molar-refractivity contribution in [1.82, 2.24) is 0 Å². The SMILES string of the molecule is Cc1cc(C)cc(OCc2cc(C(=O)O)co2)c1. The summed E-state index contributed by atoms with van der Waals surface area (Å²) in [5.41, 5.74) is 2.38. The van der Waals surface area contributed by atoms with E-state index in [0.29, 0.717) is 5.76 Å². The number of aromatic carboxylic acids is 1. The number of rotatable bonds is 4. The molecule has 94 valence electrons. The highest BCUT2D eigenvalue weighted by molar-refractivity contribution is 5.87. The topological polar surface area (TPSA) is 59.7 Å². The summed E-state index contributed by atoms with van der Waals surface area (Å²) < 4.78 is 10.7. The molecule has 0 atom stereocenters. The van der Waals surface area contributed by atoms with Gasteiger partial charge in [0.25, 0.3) is 0 Å². The first-order chi connectivity index (χ1) is 8.54. The summed E-state index contributed by atoms with van der Waals surface area (Å²) in [7, 11) is 0. The molecule has 1 aromatic heterocycles. The maximum absolute atomic E-state index is 10.7. The molecule has 0 bridgehead atoms. The Kier molecular flexibility index (Phi) is 3.37. The molecule has 0 spiro atoms. The van der Waals surface area contributed by atoms with Crippen LogP contribution in [0.25, 0.3) is 0 Å². The molecule has 0 saturated carbocycles. The lowest BCUT2D eigenvalue weighted by Crippen LogP contribution is -1.95. The van der Waals surface area contributed by atoms with Gasteiger partial charge in [0.2, 0.25) is 0 Å². The monoisotopic (exact) mass is 246 g/mol. The molecular weight excluding hydrogens is 232 g/mol. The van der Waals surface area contributed by atoms with Gasteiger partial charge in [-0.15, -0.1) is 0 Å². The van der Waals surface area contributed by atoms with Crippen molar-refractivity contribution in [1.29, 1.82) is 0 Å². The van der Waals surface area contributed by atoms with Gasteiger partial charge >= 0.3 is 5.97 Å². The molecule has 0 fully saturated rings. The third-order valence-electron chi connectivity index (χ3n) is 2.48. The lowest BCUT2D eigenvalue weighted by molar-refractivity contribution is 0.0696. The predicted octanol–water partition coefficient (Wildman–Crippen LogP) is 3.17. The molecule has 18 heavy (non-hydrogen) atoms. The van der Waals surface area contributed by atoms with E-state index in [1.54, 1.807) is 0 Å². The minimum absolute atomic E-state index is 0.133. The van der Waals surface area contributed by atoms with Gasteiger partial charge in [-0.25, -0.2) is 4.79 Å². The zero-order valence-electron chi connectivity index (χ0n) is 10.3. The Hall–Kier alpha value is -2.23. The van der Waals surface area contributed by atoms with Gasteiger partial charge in [0.05, 0.1) is 5.56 Å². The normalized spacial score (nSPS) is 10.3. The molecule has 1 aromatic carbocycles. The van der Waals surface area contributed by atoms with Gasteiger partial charge in [-0.2, -0.15) is 0 Å². The number of carboxylic acid groups (broad SMARTS) is 1. The van der Waals surface area contributed by atoms with Crippen molar-refractivity contribution >= 4 is 5.97 Å². The maximum atomic E-state index is 10.7. The molecule has 1 heterocycles. The fourth-order valence-corrected chi connectivity index (χ4v) is 1.74. The van der Waals surface area contributed by atoms with Crippen LogP contribution < -0.4 is 4.74 Å². The summed E-state index contributed by atoms with van der Waals surface area (Å²) in [6, 6.07) is 7.37. The van der Waals surface area contributed by atoms with Crippen LogP contribution in [0.5, 0.6) is 5.75 Å². The number of carboxylic acids is 1. The van der Waals surface area contributed by atoms with Crippen LogP contribution in [-0.2, 0) is 6.61 Å². The largest absolute Gasteiger partial charge is 0.486 e. The Balaban J connectivity index is 2.04. The highest BCUT2D eigenvalue weighted by Crippen LogP contribution is 2.18. The van der Waals surface area contributed by atoms with Crippen LogP contribution in [0.4, 0.5) is 0 Å². The Bertz CT molecular complexity index is 549. The van der Waals surface area contributed by atoms with E-state index in [0.717, 1.165) is 16.9 Å². The van der Waals surface area contributed by atoms with E-state index in [1.165, 1.54) is 12.3 Å². The van der Waals surface area contributed by atoms with Crippen molar-refractivity contribution in [2.45, 2.75) is 20.5 Å². The van der Waals surface area contributed by atoms with Crippen LogP contribution in [0.15, 0.2) is 34.9 Å². The van der Waals surface area contributed by atoms with E-state index in [1.807, 2.05) is 26.0 Å². The highest BCUT2D eigenvalue weighted by Gasteiger charge is 2.08. The third kappa shape index (κ3) is 2.91. The second-order valence-electron chi connectivity index (χ2n) is 4.22. The molecule has 2 aromatic rings. The van der Waals surface area contributed by atoms with E-state index < -0.39 is 5.97 Å². The van der Waals surface area contributed by atoms with E-state index in [2.05, 4.69) is 6.07 Å². The number of carbonyl (C=O) groups is 1. The molecular formula is C14H14O4. The van der Waals surface area contributed by atoms with Gasteiger partial charge in [0.15, 0.2) is 0 Å². The quantitative estimate of drug-likeness (QED) is 0.900. The Morgan fingerprint density at radius 1 is 1.22 bits per heavy atom. The van der Waals surface area contributed by atoms with Gasteiger partial charge in [0, 0.05) is 0 Å². The smallest absolute Gasteiger partial charge is 0.338 e. The Labute approximate surface area is 105 Å². The molecule has 0 aliphatic carbocycles. The van der Waals surface area contributed by atoms with Gasteiger partial charge < -0.3 is 14.3 Å². The van der Waals surface area contributed by atoms with Gasteiger partial charge in [-0.3, -0.25) is 0 Å². The lowest BCUT2D eigenvalue weighted by atomic mass is 10.1. The first-order valence-corrected chi connectivity index (χ1v) is 5.56. The zero-order chi connectivity index (χ0) is 13.1. The molecule has 0 amide bonds. The first-order valence-electron chi connectivity index (χ1n) is 5.56. The van der Waals surface area contributed by atoms with Crippen molar-refractivity contribution < 1.29 is 19.1 Å². The van der Waals surface area contributed by atoms with E-state index in [4.69, 9.17) is 14.3 Å². The van der Waals surface area contributed by atoms with Crippen LogP contribution >= 0.6 is 0 Å². The maximum Gasteiger partial charge on any atom is 0.338 e. The van der Waals surface area contributed by atoms with Crippen LogP contribution in [0, 0.1) is 13.8 Å². The number of hydrogen-bond donors (Lipinski definition) is 1. The van der Waals surface area contributed by atoms with Crippen molar-refractivity contribution in [3.8, 4) is 5.75 Å². The molecule has 4 heteroatoms. The van der Waals surface area contributed by atoms with Crippen molar-refractivity contribution in [3.63, 3.8) is 0 Å². The number of aryl methyl sites for hydroxylation is 2. The minimum Gasteiger partial charge on any atom is -0.486 e. The third-order valence-corrected chi connectivity index (χ3v) is 2.48. The number of furan rings is 1. The first kappa shape index (κ1) is 12.2. The van der Waals surface area contributed by atoms with Crippen molar-refractivity contribution in [2.75, 3.05) is 0 Å². The van der Waals surface area contributed by atoms with E-state index in [9.17, 15) is 4.79 Å². The van der Waals surface area contributed by atoms with Gasteiger partial charge in [0.1, 0.15) is 24.4 Å². The molecule has 4 nitrogen and oxygen atoms in total. The number of benzene rings is 1. The van der Waals surface area contributed by atoms with Crippen molar-refractivity contribution in [3.05, 3.63) is 53.0 Å². The second-order valence-corrected chi connectivity index (χ2v) is 4.22. The standard InChI is InChI=1S/C14H14O4/c1-9-3-10(2)5-12(4-9)18-8-13-6-11(7-17-13)14(15)16/h3-7H,8H2,1-2H3,(H,15,16). The average Bonchev–Trinajstić information content (AvgIpc) is 2.73. The zero-order valence-corrected chi connectivity index (χ0v) is 10.3. The summed E-state index contributed by atoms with van der Waals surface area (Å²) in [5.74, 6) is 0.240. The summed E-state index contributed by atoms with van der Waals surface area (Å²) in [5, 5.41) is 8.76. The fraction of sp³-hybridized carbons (Fsp3) is 0.214. The summed E-state index contributed by atoms with van der Waals surface area (Å²) in [4.78, 5) is 10.7. The van der Waals surface area contributed by atoms with Gasteiger partial charge in [-0.1, -0.05) is 6.07 Å². The van der Waals surface area contributed by atoms with Crippen LogP contribution in [0.2, 0.25) is 0 Å². The molecule has 0 saturated heterocycles. The lowest BCUT2D eigenvalue weighted by Gasteiger charge is -2.06. The summed E-state index contributed by atoms with van der Waals surface area (Å²) in [6.45, 7) is 4.21. The van der Waals surface area contributed by atoms with Crippen LogP contribution in [0.3, 0.4) is 0 Å². The molecule has 2 rings (SSSR count). The fourth-order valence-electron chi connectivity index (χ4n) is 1.74. The average molecular weight is 246 g/mol. The molecule has 0 aliphatic rings. The predicted molar refractivity (Wildman–Crippen MR) is 65.9 cm³/mol. The van der Waals surface area contributed by atoms with Crippen LogP contribution in [-0.4, -0.2) is 11.1 Å². The number of hydrogen-bond acceptors (Lipinski definition) is 3.